The molecule has 4 heteroatoms. The van der Waals surface area contributed by atoms with Crippen LogP contribution in [0.3, 0.4) is 0 Å². The number of nitrogens with zero attached hydrogens (tertiary/aromatic N) is 1. The molecule has 128 valence electrons. The third kappa shape index (κ3) is 4.40. The summed E-state index contributed by atoms with van der Waals surface area (Å²) in [7, 11) is 0. The van der Waals surface area contributed by atoms with Crippen molar-refractivity contribution in [3.8, 4) is 11.3 Å². The van der Waals surface area contributed by atoms with Crippen LogP contribution in [0.15, 0.2) is 42.6 Å². The summed E-state index contributed by atoms with van der Waals surface area (Å²) in [6.45, 7) is 3.70. The van der Waals surface area contributed by atoms with Crippen molar-refractivity contribution in [3.63, 3.8) is 0 Å². The smallest absolute Gasteiger partial charge is 0.185 e. The summed E-state index contributed by atoms with van der Waals surface area (Å²) in [4.78, 5) is 4.45. The van der Waals surface area contributed by atoms with Crippen LogP contribution in [0.2, 0.25) is 0 Å². The highest BCUT2D eigenvalue weighted by molar-refractivity contribution is 5.58. The highest BCUT2D eigenvalue weighted by Gasteiger charge is 2.23. The molecule has 0 spiro atoms. The van der Waals surface area contributed by atoms with Gasteiger partial charge in [0.05, 0.1) is 18.9 Å². The van der Waals surface area contributed by atoms with Crippen LogP contribution in [0.1, 0.15) is 44.5 Å². The molecular weight excluding hydrogens is 305 g/mol. The first kappa shape index (κ1) is 17.1. The Morgan fingerprint density at radius 1 is 1.04 bits per heavy atom. The van der Waals surface area contributed by atoms with E-state index in [1.165, 1.54) is 37.8 Å². The van der Waals surface area contributed by atoms with Gasteiger partial charge < -0.3 is 9.47 Å². The van der Waals surface area contributed by atoms with Crippen molar-refractivity contribution in [1.82, 2.24) is 4.98 Å². The summed E-state index contributed by atoms with van der Waals surface area (Å²) in [5, 5.41) is 0. The number of rotatable bonds is 6. The third-order valence-corrected chi connectivity index (χ3v) is 4.38. The summed E-state index contributed by atoms with van der Waals surface area (Å²) in [5.41, 5.74) is 2.63. The first-order valence-corrected chi connectivity index (χ1v) is 8.71. The largest absolute Gasteiger partial charge is 0.348 e. The summed E-state index contributed by atoms with van der Waals surface area (Å²) >= 11 is 0. The molecule has 1 saturated heterocycles. The van der Waals surface area contributed by atoms with Gasteiger partial charge in [0.2, 0.25) is 0 Å². The molecule has 1 aliphatic rings. The second-order valence-corrected chi connectivity index (χ2v) is 6.34. The number of hydrogen-bond donors (Lipinski definition) is 0. The number of benzene rings is 1. The summed E-state index contributed by atoms with van der Waals surface area (Å²) in [6, 6.07) is 10.2. The highest BCUT2D eigenvalue weighted by atomic mass is 19.1. The molecule has 0 atom stereocenters. The van der Waals surface area contributed by atoms with Gasteiger partial charge in [-0.25, -0.2) is 4.39 Å². The first-order valence-electron chi connectivity index (χ1n) is 8.71. The number of halogens is 1. The molecule has 3 rings (SSSR count). The molecule has 0 unspecified atom stereocenters. The van der Waals surface area contributed by atoms with Crippen LogP contribution in [-0.2, 0) is 9.47 Å². The van der Waals surface area contributed by atoms with Gasteiger partial charge in [-0.05, 0) is 36.8 Å². The number of ether oxygens (including phenoxy) is 2. The molecular formula is C20H24FNO2. The van der Waals surface area contributed by atoms with E-state index in [0.29, 0.717) is 5.92 Å². The minimum Gasteiger partial charge on any atom is -0.348 e. The lowest BCUT2D eigenvalue weighted by Gasteiger charge is -2.29. The van der Waals surface area contributed by atoms with Crippen molar-refractivity contribution in [1.29, 1.82) is 0 Å². The van der Waals surface area contributed by atoms with Crippen molar-refractivity contribution >= 4 is 0 Å². The zero-order valence-electron chi connectivity index (χ0n) is 14.1. The topological polar surface area (TPSA) is 31.4 Å². The van der Waals surface area contributed by atoms with Crippen molar-refractivity contribution in [2.24, 2.45) is 5.92 Å². The zero-order valence-corrected chi connectivity index (χ0v) is 14.1. The number of unbranched alkanes of at least 4 members (excludes halogenated alkanes) is 2. The van der Waals surface area contributed by atoms with Gasteiger partial charge in [-0.2, -0.15) is 0 Å². The second-order valence-electron chi connectivity index (χ2n) is 6.34. The van der Waals surface area contributed by atoms with Crippen LogP contribution < -0.4 is 0 Å². The minimum atomic E-state index is -0.331. The molecule has 3 nitrogen and oxygen atoms in total. The van der Waals surface area contributed by atoms with Crippen LogP contribution in [0.25, 0.3) is 11.3 Å². The van der Waals surface area contributed by atoms with Gasteiger partial charge in [0.25, 0.3) is 0 Å². The van der Waals surface area contributed by atoms with Crippen molar-refractivity contribution in [2.45, 2.75) is 38.9 Å². The fourth-order valence-corrected chi connectivity index (χ4v) is 2.92. The van der Waals surface area contributed by atoms with E-state index < -0.39 is 0 Å². The Morgan fingerprint density at radius 2 is 1.79 bits per heavy atom. The van der Waals surface area contributed by atoms with E-state index in [4.69, 9.17) is 9.47 Å². The summed E-state index contributed by atoms with van der Waals surface area (Å²) < 4.78 is 24.7. The van der Waals surface area contributed by atoms with Gasteiger partial charge in [0, 0.05) is 23.2 Å². The van der Waals surface area contributed by atoms with E-state index in [9.17, 15) is 4.39 Å². The first-order chi connectivity index (χ1) is 11.8. The molecule has 0 N–H and O–H groups in total. The quantitative estimate of drug-likeness (QED) is 0.689. The van der Waals surface area contributed by atoms with Crippen LogP contribution in [0.5, 0.6) is 0 Å². The maximum absolute atomic E-state index is 13.0. The molecule has 0 aliphatic carbocycles. The number of aromatic nitrogens is 1. The second kappa shape index (κ2) is 8.36. The van der Waals surface area contributed by atoms with Crippen molar-refractivity contribution in [3.05, 3.63) is 54.0 Å². The predicted octanol–water partition coefficient (Wildman–Crippen LogP) is 5.13. The third-order valence-electron chi connectivity index (χ3n) is 4.38. The predicted molar refractivity (Wildman–Crippen MR) is 91.9 cm³/mol. The van der Waals surface area contributed by atoms with Crippen LogP contribution in [-0.4, -0.2) is 18.2 Å². The molecule has 24 heavy (non-hydrogen) atoms. The van der Waals surface area contributed by atoms with E-state index in [1.807, 2.05) is 12.1 Å². The Hall–Kier alpha value is -1.78. The number of hydrogen-bond acceptors (Lipinski definition) is 3. The molecule has 0 saturated carbocycles. The molecule has 1 aromatic heterocycles. The molecule has 1 aliphatic heterocycles. The number of pyridine rings is 1. The van der Waals surface area contributed by atoms with Gasteiger partial charge in [0.15, 0.2) is 6.29 Å². The molecule has 1 fully saturated rings. The molecule has 0 bridgehead atoms. The van der Waals surface area contributed by atoms with Crippen molar-refractivity contribution < 1.29 is 13.9 Å². The molecule has 1 aromatic carbocycles. The van der Waals surface area contributed by atoms with E-state index in [0.717, 1.165) is 30.0 Å². The Bertz CT molecular complexity index is 619. The average Bonchev–Trinajstić information content (AvgIpc) is 2.63. The van der Waals surface area contributed by atoms with Gasteiger partial charge in [-0.3, -0.25) is 4.98 Å². The summed E-state index contributed by atoms with van der Waals surface area (Å²) in [5.74, 6) is 0.257. The molecule has 0 amide bonds. The van der Waals surface area contributed by atoms with Gasteiger partial charge in [-0.1, -0.05) is 32.3 Å². The Kier molecular flexibility index (Phi) is 5.94. The van der Waals surface area contributed by atoms with Crippen LogP contribution in [0.4, 0.5) is 4.39 Å². The Balaban J connectivity index is 1.56. The van der Waals surface area contributed by atoms with E-state index in [1.54, 1.807) is 18.3 Å². The fourth-order valence-electron chi connectivity index (χ4n) is 2.92. The fraction of sp³-hybridized carbons (Fsp3) is 0.450. The highest BCUT2D eigenvalue weighted by Crippen LogP contribution is 2.28. The van der Waals surface area contributed by atoms with E-state index in [-0.39, 0.29) is 12.1 Å². The lowest BCUT2D eigenvalue weighted by molar-refractivity contribution is -0.206. The lowest BCUT2D eigenvalue weighted by Crippen LogP contribution is -2.27. The lowest BCUT2D eigenvalue weighted by atomic mass is 10.0. The van der Waals surface area contributed by atoms with E-state index in [2.05, 4.69) is 11.9 Å². The minimum absolute atomic E-state index is 0.243. The zero-order chi connectivity index (χ0) is 16.8. The van der Waals surface area contributed by atoms with Gasteiger partial charge in [0.1, 0.15) is 5.82 Å². The Morgan fingerprint density at radius 3 is 2.42 bits per heavy atom. The SMILES string of the molecule is CCCCCC1COC(c2ccc(-c3ccc(F)cc3)nc2)OC1. The summed E-state index contributed by atoms with van der Waals surface area (Å²) in [6.07, 6.45) is 6.37. The standard InChI is InChI=1S/C20H24FNO2/c1-2-3-4-5-15-13-23-20(24-14-15)17-8-11-19(22-12-17)16-6-9-18(21)10-7-16/h6-12,15,20H,2-5,13-14H2,1H3. The van der Waals surface area contributed by atoms with Crippen LogP contribution >= 0.6 is 0 Å². The van der Waals surface area contributed by atoms with Gasteiger partial charge >= 0.3 is 0 Å². The molecule has 2 heterocycles. The molecule has 2 aromatic rings. The van der Waals surface area contributed by atoms with E-state index >= 15 is 0 Å². The van der Waals surface area contributed by atoms with Crippen molar-refractivity contribution in [2.75, 3.05) is 13.2 Å². The van der Waals surface area contributed by atoms with Gasteiger partial charge in [-0.15, -0.1) is 0 Å². The maximum atomic E-state index is 13.0. The molecule has 0 radical (unpaired) electrons. The Labute approximate surface area is 142 Å². The van der Waals surface area contributed by atoms with Crippen LogP contribution in [0, 0.1) is 11.7 Å². The maximum Gasteiger partial charge on any atom is 0.185 e. The monoisotopic (exact) mass is 329 g/mol. The normalized spacial score (nSPS) is 20.9. The average molecular weight is 329 g/mol.